The van der Waals surface area contributed by atoms with Gasteiger partial charge in [0.1, 0.15) is 0 Å². The zero-order valence-corrected chi connectivity index (χ0v) is 9.50. The molecule has 13 heavy (non-hydrogen) atoms. The minimum absolute atomic E-state index is 0.101. The molecule has 1 rings (SSSR count). The van der Waals surface area contributed by atoms with Gasteiger partial charge in [0.05, 0.1) is 0 Å². The van der Waals surface area contributed by atoms with Gasteiger partial charge in [0.15, 0.2) is 0 Å². The molecule has 0 aromatic heterocycles. The van der Waals surface area contributed by atoms with E-state index in [9.17, 15) is 9.59 Å². The van der Waals surface area contributed by atoms with E-state index in [-0.39, 0.29) is 5.78 Å². The van der Waals surface area contributed by atoms with Crippen molar-refractivity contribution in [3.8, 4) is 0 Å². The molecule has 1 unspecified atom stereocenters. The van der Waals surface area contributed by atoms with E-state index in [1.54, 1.807) is 13.0 Å². The van der Waals surface area contributed by atoms with Crippen molar-refractivity contribution in [2.24, 2.45) is 0 Å². The van der Waals surface area contributed by atoms with Gasteiger partial charge >= 0.3 is 84.6 Å². The van der Waals surface area contributed by atoms with E-state index in [4.69, 9.17) is 0 Å². The summed E-state index contributed by atoms with van der Waals surface area (Å²) in [6.07, 6.45) is 5.33. The molecule has 2 nitrogen and oxygen atoms in total. The molecule has 0 aromatic carbocycles. The van der Waals surface area contributed by atoms with Crippen LogP contribution in [0.4, 0.5) is 0 Å². The molecule has 72 valence electrons. The molecule has 0 N–H and O–H groups in total. The molecular weight excluding hydrogens is 231 g/mol. The van der Waals surface area contributed by atoms with Crippen LogP contribution in [-0.2, 0) is 9.59 Å². The second kappa shape index (κ2) is 5.36. The summed E-state index contributed by atoms with van der Waals surface area (Å²) in [4.78, 5) is 24.2. The van der Waals surface area contributed by atoms with E-state index in [0.717, 1.165) is 25.7 Å². The summed E-state index contributed by atoms with van der Waals surface area (Å²) in [5, 5.41) is 0. The third-order valence-electron chi connectivity index (χ3n) is 2.01. The van der Waals surface area contributed by atoms with Gasteiger partial charge in [0.25, 0.3) is 0 Å². The Kier molecular flexibility index (Phi) is 4.40. The number of carbonyl (C=O) groups is 2. The van der Waals surface area contributed by atoms with Crippen LogP contribution >= 0.6 is 0 Å². The molecule has 1 atom stereocenters. The van der Waals surface area contributed by atoms with Crippen LogP contribution in [0.2, 0.25) is 4.82 Å². The molecule has 0 heterocycles. The zero-order chi connectivity index (χ0) is 9.68. The zero-order valence-electron chi connectivity index (χ0n) is 7.79. The molecular formula is C10H14O2Se. The quantitative estimate of drug-likeness (QED) is 0.560. The van der Waals surface area contributed by atoms with Gasteiger partial charge in [0.2, 0.25) is 0 Å². The standard InChI is InChI=1S/C10H14O2Se/c1-8(11)5-6-13-10-4-2-3-9(12)7-10/h5-6,10H,2-4,7H2,1H3. The molecule has 0 radical (unpaired) electrons. The number of rotatable bonds is 3. The summed E-state index contributed by atoms with van der Waals surface area (Å²) < 4.78 is 0. The number of hydrogen-bond acceptors (Lipinski definition) is 2. The molecule has 0 saturated heterocycles. The summed E-state index contributed by atoms with van der Waals surface area (Å²) in [6.45, 7) is 1.55. The first-order valence-corrected chi connectivity index (χ1v) is 6.50. The number of allylic oxidation sites excluding steroid dienone is 1. The Morgan fingerprint density at radius 1 is 1.62 bits per heavy atom. The van der Waals surface area contributed by atoms with Gasteiger partial charge in [-0.25, -0.2) is 0 Å². The van der Waals surface area contributed by atoms with Crippen LogP contribution in [0.25, 0.3) is 0 Å². The van der Waals surface area contributed by atoms with Gasteiger partial charge in [-0.2, -0.15) is 0 Å². The minimum atomic E-state index is 0.101. The number of Topliss-reactive ketones (excluding diaryl/α,β-unsaturated/α-hetero) is 1. The molecule has 1 aliphatic rings. The van der Waals surface area contributed by atoms with Gasteiger partial charge in [-0.05, 0) is 0 Å². The molecule has 1 fully saturated rings. The van der Waals surface area contributed by atoms with Crippen molar-refractivity contribution in [3.63, 3.8) is 0 Å². The van der Waals surface area contributed by atoms with Gasteiger partial charge < -0.3 is 0 Å². The van der Waals surface area contributed by atoms with Crippen molar-refractivity contribution in [3.05, 3.63) is 11.1 Å². The first-order chi connectivity index (χ1) is 6.18. The average Bonchev–Trinajstić information content (AvgIpc) is 2.03. The van der Waals surface area contributed by atoms with Gasteiger partial charge in [-0.15, -0.1) is 0 Å². The van der Waals surface area contributed by atoms with Crippen LogP contribution in [0, 0.1) is 0 Å². The van der Waals surface area contributed by atoms with Crippen LogP contribution < -0.4 is 0 Å². The van der Waals surface area contributed by atoms with E-state index >= 15 is 0 Å². The van der Waals surface area contributed by atoms with Gasteiger partial charge in [-0.3, -0.25) is 0 Å². The van der Waals surface area contributed by atoms with Crippen molar-refractivity contribution in [2.45, 2.75) is 37.4 Å². The van der Waals surface area contributed by atoms with Crippen LogP contribution in [0.15, 0.2) is 11.1 Å². The van der Waals surface area contributed by atoms with Crippen LogP contribution in [-0.4, -0.2) is 26.5 Å². The molecule has 0 aromatic rings. The number of hydrogen-bond donors (Lipinski definition) is 0. The third kappa shape index (κ3) is 4.39. The molecule has 1 saturated carbocycles. The molecule has 0 bridgehead atoms. The monoisotopic (exact) mass is 246 g/mol. The topological polar surface area (TPSA) is 34.1 Å². The number of carbonyl (C=O) groups excluding carboxylic acids is 2. The van der Waals surface area contributed by atoms with Crippen molar-refractivity contribution in [2.75, 3.05) is 0 Å². The maximum absolute atomic E-state index is 11.1. The SMILES string of the molecule is CC(=O)C=C[Se]C1CCCC(=O)C1. The van der Waals surface area contributed by atoms with E-state index in [2.05, 4.69) is 0 Å². The fourth-order valence-corrected chi connectivity index (χ4v) is 3.61. The van der Waals surface area contributed by atoms with Crippen molar-refractivity contribution in [1.29, 1.82) is 0 Å². The summed E-state index contributed by atoms with van der Waals surface area (Å²) in [6, 6.07) is 0. The first kappa shape index (κ1) is 10.7. The Bertz CT molecular complexity index is 233. The second-order valence-electron chi connectivity index (χ2n) is 3.31. The average molecular weight is 245 g/mol. The van der Waals surface area contributed by atoms with Crippen LogP contribution in [0.5, 0.6) is 0 Å². The normalized spacial score (nSPS) is 23.8. The summed E-state index contributed by atoms with van der Waals surface area (Å²) >= 11 is 0.335. The van der Waals surface area contributed by atoms with Crippen LogP contribution in [0.1, 0.15) is 32.6 Å². The van der Waals surface area contributed by atoms with Gasteiger partial charge in [-0.1, -0.05) is 0 Å². The number of ketones is 2. The molecule has 0 amide bonds. The van der Waals surface area contributed by atoms with E-state index < -0.39 is 0 Å². The second-order valence-corrected chi connectivity index (χ2v) is 5.85. The Morgan fingerprint density at radius 3 is 3.00 bits per heavy atom. The Hall–Kier alpha value is -0.401. The summed E-state index contributed by atoms with van der Waals surface area (Å²) in [5.41, 5.74) is 0. The Balaban J connectivity index is 2.28. The summed E-state index contributed by atoms with van der Waals surface area (Å²) in [7, 11) is 0. The third-order valence-corrected chi connectivity index (χ3v) is 4.28. The van der Waals surface area contributed by atoms with E-state index in [1.807, 2.05) is 4.97 Å². The van der Waals surface area contributed by atoms with E-state index in [1.165, 1.54) is 0 Å². The predicted octanol–water partition coefficient (Wildman–Crippen LogP) is 1.72. The molecule has 3 heteroatoms. The molecule has 1 aliphatic carbocycles. The van der Waals surface area contributed by atoms with E-state index in [0.29, 0.717) is 25.6 Å². The predicted molar refractivity (Wildman–Crippen MR) is 52.8 cm³/mol. The summed E-state index contributed by atoms with van der Waals surface area (Å²) in [5.74, 6) is 0.498. The molecule has 0 spiro atoms. The van der Waals surface area contributed by atoms with Crippen molar-refractivity contribution >= 4 is 26.5 Å². The van der Waals surface area contributed by atoms with Crippen molar-refractivity contribution < 1.29 is 9.59 Å². The fraction of sp³-hybridized carbons (Fsp3) is 0.600. The first-order valence-electron chi connectivity index (χ1n) is 4.53. The van der Waals surface area contributed by atoms with Gasteiger partial charge in [0, 0.05) is 0 Å². The molecule has 0 aliphatic heterocycles. The Morgan fingerprint density at radius 2 is 2.38 bits per heavy atom. The maximum atomic E-state index is 11.1. The fourth-order valence-electron chi connectivity index (χ4n) is 1.35. The van der Waals surface area contributed by atoms with Crippen LogP contribution in [0.3, 0.4) is 0 Å². The van der Waals surface area contributed by atoms with Crippen molar-refractivity contribution in [1.82, 2.24) is 0 Å². The Labute approximate surface area is 84.9 Å².